The zero-order valence-electron chi connectivity index (χ0n) is 22.0. The normalized spacial score (nSPS) is 33.2. The Morgan fingerprint density at radius 2 is 1.50 bits per heavy atom. The average molecular weight is 597 g/mol. The highest BCUT2D eigenvalue weighted by Crippen LogP contribution is 2.35. The molecule has 0 saturated carbocycles. The number of aliphatic hydroxyl groups is 6. The van der Waals surface area contributed by atoms with Gasteiger partial charge in [-0.3, -0.25) is 4.79 Å². The van der Waals surface area contributed by atoms with Gasteiger partial charge in [0.25, 0.3) is 0 Å². The van der Waals surface area contributed by atoms with Crippen molar-refractivity contribution in [1.29, 1.82) is 0 Å². The van der Waals surface area contributed by atoms with E-state index in [2.05, 4.69) is 0 Å². The van der Waals surface area contributed by atoms with E-state index in [1.807, 2.05) is 0 Å². The number of aromatic hydroxyl groups is 2. The van der Waals surface area contributed by atoms with Gasteiger partial charge in [-0.25, -0.2) is 0 Å². The first-order chi connectivity index (χ1) is 19.5. The SMILES string of the molecule is C[C@@H]1O[C@@H](O[C@H]2[C@H](Oc3cc(O)cc4oc(-c5ccc(O)cc5)cc(=O)c34)O[C@H](CO)[C@@H](O)[C@@H]2O)[C@H](O)[C@H](O)[C@H]1O.O. The molecule has 0 bridgehead atoms. The molecule has 15 nitrogen and oxygen atoms in total. The number of benzene rings is 2. The first-order valence-electron chi connectivity index (χ1n) is 12.7. The van der Waals surface area contributed by atoms with E-state index in [1.165, 1.54) is 43.3 Å². The molecule has 0 radical (unpaired) electrons. The molecular formula is C27H32O15. The van der Waals surface area contributed by atoms with E-state index < -0.39 is 73.4 Å². The largest absolute Gasteiger partial charge is 0.508 e. The third-order valence-electron chi connectivity index (χ3n) is 7.10. The fourth-order valence-corrected chi connectivity index (χ4v) is 4.80. The van der Waals surface area contributed by atoms with Crippen LogP contribution in [-0.4, -0.2) is 114 Å². The minimum atomic E-state index is -1.79. The fourth-order valence-electron chi connectivity index (χ4n) is 4.80. The monoisotopic (exact) mass is 596 g/mol. The van der Waals surface area contributed by atoms with Gasteiger partial charge in [0.2, 0.25) is 6.29 Å². The van der Waals surface area contributed by atoms with Crippen molar-refractivity contribution >= 4 is 11.0 Å². The second-order valence-corrected chi connectivity index (χ2v) is 9.95. The summed E-state index contributed by atoms with van der Waals surface area (Å²) in [4.78, 5) is 13.2. The molecule has 230 valence electrons. The summed E-state index contributed by atoms with van der Waals surface area (Å²) in [5, 5.41) is 81.3. The van der Waals surface area contributed by atoms with Crippen LogP contribution in [0.4, 0.5) is 0 Å². The summed E-state index contributed by atoms with van der Waals surface area (Å²) in [5.41, 5.74) is -0.207. The molecule has 42 heavy (non-hydrogen) atoms. The number of ether oxygens (including phenoxy) is 4. The summed E-state index contributed by atoms with van der Waals surface area (Å²) in [6.07, 6.45) is -15.6. The molecule has 2 aromatic carbocycles. The fraction of sp³-hybridized carbons (Fsp3) is 0.444. The number of phenolic OH excluding ortho intramolecular Hbond substituents is 2. The molecule has 1 aromatic heterocycles. The van der Waals surface area contributed by atoms with Crippen LogP contribution in [-0.2, 0) is 14.2 Å². The van der Waals surface area contributed by atoms with Gasteiger partial charge < -0.3 is 69.7 Å². The number of fused-ring (bicyclic) bond motifs is 1. The Bertz CT molecular complexity index is 1430. The maximum atomic E-state index is 13.2. The minimum Gasteiger partial charge on any atom is -0.508 e. The predicted octanol–water partition coefficient (Wildman–Crippen LogP) is -1.92. The lowest BCUT2D eigenvalue weighted by atomic mass is 9.97. The predicted molar refractivity (Wildman–Crippen MR) is 140 cm³/mol. The molecule has 10 N–H and O–H groups in total. The standard InChI is InChI=1S/C27H30O14.H2O/c1-10-20(32)22(34)24(36)26(37-10)41-25-23(35)21(33)18(9-28)40-27(25)39-17-7-13(30)6-16-19(17)14(31)8-15(38-16)11-2-4-12(29)5-3-11;/h2-8,10,18,20-30,32-36H,9H2,1H3;1H2/t10-,18+,20-,21+,22+,23-,24+,25+,26-,27+;/m0./s1. The number of hydrogen-bond acceptors (Lipinski definition) is 14. The average Bonchev–Trinajstić information content (AvgIpc) is 2.94. The van der Waals surface area contributed by atoms with Gasteiger partial charge in [-0.15, -0.1) is 0 Å². The summed E-state index contributed by atoms with van der Waals surface area (Å²) in [5.74, 6) is -0.498. The Hall–Kier alpha value is -3.35. The van der Waals surface area contributed by atoms with E-state index in [9.17, 15) is 45.6 Å². The Morgan fingerprint density at radius 1 is 0.810 bits per heavy atom. The van der Waals surface area contributed by atoms with E-state index in [4.69, 9.17) is 23.4 Å². The van der Waals surface area contributed by atoms with Crippen LogP contribution in [0.5, 0.6) is 17.2 Å². The van der Waals surface area contributed by atoms with Crippen molar-refractivity contribution in [2.24, 2.45) is 0 Å². The highest BCUT2D eigenvalue weighted by molar-refractivity contribution is 5.86. The summed E-state index contributed by atoms with van der Waals surface area (Å²) < 4.78 is 28.4. The molecule has 0 aliphatic carbocycles. The quantitative estimate of drug-likeness (QED) is 0.154. The highest BCUT2D eigenvalue weighted by Gasteiger charge is 2.51. The van der Waals surface area contributed by atoms with Gasteiger partial charge in [0, 0.05) is 23.8 Å². The summed E-state index contributed by atoms with van der Waals surface area (Å²) in [6.45, 7) is 0.674. The Balaban J connectivity index is 0.00000405. The van der Waals surface area contributed by atoms with E-state index in [0.29, 0.717) is 5.56 Å². The van der Waals surface area contributed by atoms with Gasteiger partial charge >= 0.3 is 0 Å². The third-order valence-corrected chi connectivity index (χ3v) is 7.10. The zero-order valence-corrected chi connectivity index (χ0v) is 22.0. The molecule has 2 saturated heterocycles. The zero-order chi connectivity index (χ0) is 29.6. The van der Waals surface area contributed by atoms with Crippen molar-refractivity contribution in [2.75, 3.05) is 6.61 Å². The van der Waals surface area contributed by atoms with Crippen LogP contribution in [0.1, 0.15) is 6.92 Å². The Kier molecular flexibility index (Phi) is 9.39. The van der Waals surface area contributed by atoms with Crippen molar-refractivity contribution in [3.8, 4) is 28.6 Å². The second kappa shape index (κ2) is 12.5. The lowest BCUT2D eigenvalue weighted by molar-refractivity contribution is -0.354. The number of phenols is 2. The van der Waals surface area contributed by atoms with Crippen LogP contribution in [0.15, 0.2) is 51.7 Å². The van der Waals surface area contributed by atoms with Crippen molar-refractivity contribution in [3.05, 3.63) is 52.7 Å². The molecule has 3 heterocycles. The molecule has 15 heteroatoms. The molecule has 0 spiro atoms. The van der Waals surface area contributed by atoms with Gasteiger partial charge in [0.1, 0.15) is 70.6 Å². The molecule has 10 atom stereocenters. The topological polar surface area (TPSA) is 260 Å². The second-order valence-electron chi connectivity index (χ2n) is 9.95. The van der Waals surface area contributed by atoms with E-state index >= 15 is 0 Å². The third kappa shape index (κ3) is 5.93. The van der Waals surface area contributed by atoms with Crippen LogP contribution in [0.2, 0.25) is 0 Å². The number of rotatable bonds is 6. The van der Waals surface area contributed by atoms with Crippen molar-refractivity contribution in [2.45, 2.75) is 68.3 Å². The van der Waals surface area contributed by atoms with E-state index in [-0.39, 0.29) is 39.5 Å². The number of hydrogen-bond donors (Lipinski definition) is 8. The van der Waals surface area contributed by atoms with Crippen molar-refractivity contribution in [3.63, 3.8) is 0 Å². The minimum absolute atomic E-state index is 0. The van der Waals surface area contributed by atoms with Crippen molar-refractivity contribution in [1.82, 2.24) is 0 Å². The molecule has 2 aliphatic heterocycles. The van der Waals surface area contributed by atoms with Crippen LogP contribution in [0.3, 0.4) is 0 Å². The maximum Gasteiger partial charge on any atom is 0.229 e. The molecule has 3 aromatic rings. The Labute approximate surface area is 237 Å². The van der Waals surface area contributed by atoms with Gasteiger partial charge in [-0.1, -0.05) is 0 Å². The van der Waals surface area contributed by atoms with Crippen LogP contribution in [0, 0.1) is 0 Å². The van der Waals surface area contributed by atoms with E-state index in [0.717, 1.165) is 6.07 Å². The highest BCUT2D eigenvalue weighted by atomic mass is 16.8. The lowest BCUT2D eigenvalue weighted by Gasteiger charge is -2.45. The molecule has 5 rings (SSSR count). The summed E-state index contributed by atoms with van der Waals surface area (Å²) in [7, 11) is 0. The maximum absolute atomic E-state index is 13.2. The first kappa shape index (κ1) is 31.6. The van der Waals surface area contributed by atoms with Gasteiger partial charge in [-0.2, -0.15) is 0 Å². The van der Waals surface area contributed by atoms with Crippen LogP contribution in [0.25, 0.3) is 22.3 Å². The van der Waals surface area contributed by atoms with Crippen molar-refractivity contribution < 1.29 is 69.7 Å². The molecule has 0 amide bonds. The molecule has 2 fully saturated rings. The number of aliphatic hydroxyl groups excluding tert-OH is 6. The van der Waals surface area contributed by atoms with Crippen LogP contribution < -0.4 is 10.2 Å². The van der Waals surface area contributed by atoms with Gasteiger partial charge in [0.05, 0.1) is 12.7 Å². The van der Waals surface area contributed by atoms with Gasteiger partial charge in [0.15, 0.2) is 17.8 Å². The van der Waals surface area contributed by atoms with E-state index in [1.54, 1.807) is 0 Å². The molecule has 0 unspecified atom stereocenters. The van der Waals surface area contributed by atoms with Gasteiger partial charge in [-0.05, 0) is 31.2 Å². The smallest absolute Gasteiger partial charge is 0.229 e. The lowest BCUT2D eigenvalue weighted by Crippen LogP contribution is -2.64. The van der Waals surface area contributed by atoms with Crippen LogP contribution >= 0.6 is 0 Å². The Morgan fingerprint density at radius 3 is 2.17 bits per heavy atom. The molecule has 2 aliphatic rings. The first-order valence-corrected chi connectivity index (χ1v) is 12.7. The summed E-state index contributed by atoms with van der Waals surface area (Å²) >= 11 is 0. The summed E-state index contributed by atoms with van der Waals surface area (Å²) in [6, 6.07) is 9.29. The molecular weight excluding hydrogens is 564 g/mol.